The van der Waals surface area contributed by atoms with Crippen molar-refractivity contribution in [2.75, 3.05) is 0 Å². The Bertz CT molecular complexity index is 502. The standard InChI is InChI=1S/C14H13NO2/c1-2-6-12(7-3-1)10-13-11-16-14(17-13)15-8-4-5-9-15/h1-9,11,14H,10H2. The van der Waals surface area contributed by atoms with Crippen LogP contribution in [-0.4, -0.2) is 4.57 Å². The maximum atomic E-state index is 5.71. The predicted octanol–water partition coefficient (Wildman–Crippen LogP) is 3.08. The molecule has 1 aliphatic rings. The first-order valence-electron chi connectivity index (χ1n) is 5.59. The Morgan fingerprint density at radius 3 is 2.53 bits per heavy atom. The monoisotopic (exact) mass is 227 g/mol. The number of aromatic nitrogens is 1. The molecule has 0 N–H and O–H groups in total. The molecule has 17 heavy (non-hydrogen) atoms. The lowest BCUT2D eigenvalue weighted by Crippen LogP contribution is -2.07. The third-order valence-corrected chi connectivity index (χ3v) is 2.66. The summed E-state index contributed by atoms with van der Waals surface area (Å²) in [6, 6.07) is 14.1. The Balaban J connectivity index is 1.65. The Labute approximate surface area is 99.9 Å². The fraction of sp³-hybridized carbons (Fsp3) is 0.143. The van der Waals surface area contributed by atoms with Crippen molar-refractivity contribution in [3.63, 3.8) is 0 Å². The maximum Gasteiger partial charge on any atom is 0.330 e. The third-order valence-electron chi connectivity index (χ3n) is 2.66. The van der Waals surface area contributed by atoms with Gasteiger partial charge in [-0.05, 0) is 17.7 Å². The molecular formula is C14H13NO2. The molecule has 0 spiro atoms. The largest absolute Gasteiger partial charge is 0.441 e. The van der Waals surface area contributed by atoms with E-state index in [-0.39, 0.29) is 6.41 Å². The fourth-order valence-corrected chi connectivity index (χ4v) is 1.82. The smallest absolute Gasteiger partial charge is 0.330 e. The molecule has 2 aromatic rings. The highest BCUT2D eigenvalue weighted by Gasteiger charge is 2.20. The van der Waals surface area contributed by atoms with E-state index in [2.05, 4.69) is 12.1 Å². The number of benzene rings is 1. The van der Waals surface area contributed by atoms with Crippen molar-refractivity contribution in [1.29, 1.82) is 0 Å². The summed E-state index contributed by atoms with van der Waals surface area (Å²) in [5, 5.41) is 0. The first-order chi connectivity index (χ1) is 8.42. The van der Waals surface area contributed by atoms with Crippen LogP contribution in [0.3, 0.4) is 0 Å². The van der Waals surface area contributed by atoms with Crippen LogP contribution in [0.5, 0.6) is 0 Å². The van der Waals surface area contributed by atoms with E-state index in [1.54, 1.807) is 6.26 Å². The van der Waals surface area contributed by atoms with E-state index in [4.69, 9.17) is 9.47 Å². The molecule has 0 amide bonds. The number of hydrogen-bond donors (Lipinski definition) is 0. The molecule has 1 aliphatic heterocycles. The molecule has 3 heteroatoms. The van der Waals surface area contributed by atoms with Gasteiger partial charge < -0.3 is 9.47 Å². The number of rotatable bonds is 3. The average molecular weight is 227 g/mol. The summed E-state index contributed by atoms with van der Waals surface area (Å²) < 4.78 is 13.1. The summed E-state index contributed by atoms with van der Waals surface area (Å²) in [6.07, 6.45) is 5.94. The van der Waals surface area contributed by atoms with Crippen molar-refractivity contribution in [1.82, 2.24) is 4.57 Å². The zero-order valence-electron chi connectivity index (χ0n) is 9.32. The van der Waals surface area contributed by atoms with Crippen LogP contribution in [0.1, 0.15) is 12.0 Å². The van der Waals surface area contributed by atoms with Gasteiger partial charge in [-0.1, -0.05) is 30.3 Å². The van der Waals surface area contributed by atoms with Crippen LogP contribution in [0, 0.1) is 0 Å². The van der Waals surface area contributed by atoms with Gasteiger partial charge in [0.25, 0.3) is 0 Å². The van der Waals surface area contributed by atoms with Crippen LogP contribution in [0.15, 0.2) is 66.9 Å². The second kappa shape index (κ2) is 4.37. The fourth-order valence-electron chi connectivity index (χ4n) is 1.82. The molecular weight excluding hydrogens is 214 g/mol. The summed E-state index contributed by atoms with van der Waals surface area (Å²) in [4.78, 5) is 0. The van der Waals surface area contributed by atoms with Crippen LogP contribution >= 0.6 is 0 Å². The van der Waals surface area contributed by atoms with Gasteiger partial charge >= 0.3 is 6.41 Å². The van der Waals surface area contributed by atoms with Gasteiger partial charge in [0.1, 0.15) is 12.0 Å². The van der Waals surface area contributed by atoms with E-state index in [1.807, 2.05) is 47.3 Å². The second-order valence-corrected chi connectivity index (χ2v) is 3.94. The van der Waals surface area contributed by atoms with Gasteiger partial charge in [0.2, 0.25) is 0 Å². The van der Waals surface area contributed by atoms with Crippen molar-refractivity contribution < 1.29 is 9.47 Å². The molecule has 3 rings (SSSR count). The number of nitrogens with zero attached hydrogens (tertiary/aromatic N) is 1. The number of allylic oxidation sites excluding steroid dienone is 1. The molecule has 1 aromatic heterocycles. The SMILES string of the molecule is C1=C(Cc2ccccc2)OC(n2cccc2)O1. The van der Waals surface area contributed by atoms with Crippen molar-refractivity contribution >= 4 is 0 Å². The summed E-state index contributed by atoms with van der Waals surface area (Å²) in [6.45, 7) is 0. The summed E-state index contributed by atoms with van der Waals surface area (Å²) in [5.74, 6) is 0.856. The predicted molar refractivity (Wildman–Crippen MR) is 63.9 cm³/mol. The van der Waals surface area contributed by atoms with Crippen LogP contribution < -0.4 is 0 Å². The van der Waals surface area contributed by atoms with Gasteiger partial charge in [-0.2, -0.15) is 0 Å². The molecule has 0 fully saturated rings. The van der Waals surface area contributed by atoms with Gasteiger partial charge in [-0.25, -0.2) is 0 Å². The normalized spacial score (nSPS) is 18.4. The van der Waals surface area contributed by atoms with Crippen molar-refractivity contribution in [2.45, 2.75) is 12.8 Å². The number of hydrogen-bond acceptors (Lipinski definition) is 2. The molecule has 0 saturated carbocycles. The molecule has 86 valence electrons. The zero-order valence-corrected chi connectivity index (χ0v) is 9.32. The van der Waals surface area contributed by atoms with Gasteiger partial charge in [-0.3, -0.25) is 4.57 Å². The van der Waals surface area contributed by atoms with Gasteiger partial charge in [0.05, 0.1) is 0 Å². The minimum Gasteiger partial charge on any atom is -0.441 e. The zero-order chi connectivity index (χ0) is 11.5. The van der Waals surface area contributed by atoms with Crippen molar-refractivity contribution in [2.24, 2.45) is 0 Å². The molecule has 3 nitrogen and oxygen atoms in total. The summed E-state index contributed by atoms with van der Waals surface area (Å²) in [7, 11) is 0. The van der Waals surface area contributed by atoms with E-state index in [1.165, 1.54) is 5.56 Å². The molecule has 1 unspecified atom stereocenters. The maximum absolute atomic E-state index is 5.71. The quantitative estimate of drug-likeness (QED) is 0.804. The minimum absolute atomic E-state index is 0.358. The first-order valence-corrected chi connectivity index (χ1v) is 5.59. The lowest BCUT2D eigenvalue weighted by atomic mass is 10.1. The highest BCUT2D eigenvalue weighted by molar-refractivity contribution is 5.19. The van der Waals surface area contributed by atoms with Crippen molar-refractivity contribution in [3.8, 4) is 0 Å². The lowest BCUT2D eigenvalue weighted by molar-refractivity contribution is -0.0920. The molecule has 0 radical (unpaired) electrons. The Hall–Kier alpha value is -2.16. The van der Waals surface area contributed by atoms with Gasteiger partial charge in [0, 0.05) is 18.8 Å². The topological polar surface area (TPSA) is 23.4 Å². The minimum atomic E-state index is -0.358. The van der Waals surface area contributed by atoms with Gasteiger partial charge in [0.15, 0.2) is 0 Å². The highest BCUT2D eigenvalue weighted by Crippen LogP contribution is 2.25. The van der Waals surface area contributed by atoms with Crippen LogP contribution in [0.25, 0.3) is 0 Å². The Kier molecular flexibility index (Phi) is 2.58. The average Bonchev–Trinajstić information content (AvgIpc) is 3.00. The molecule has 1 atom stereocenters. The van der Waals surface area contributed by atoms with Crippen LogP contribution in [0.2, 0.25) is 0 Å². The Morgan fingerprint density at radius 2 is 1.76 bits per heavy atom. The van der Waals surface area contributed by atoms with E-state index in [9.17, 15) is 0 Å². The molecule has 0 saturated heterocycles. The van der Waals surface area contributed by atoms with Crippen LogP contribution in [0.4, 0.5) is 0 Å². The van der Waals surface area contributed by atoms with E-state index >= 15 is 0 Å². The van der Waals surface area contributed by atoms with E-state index in [0.717, 1.165) is 12.2 Å². The molecule has 0 aliphatic carbocycles. The molecule has 2 heterocycles. The molecule has 1 aromatic carbocycles. The lowest BCUT2D eigenvalue weighted by Gasteiger charge is -2.12. The molecule has 0 bridgehead atoms. The summed E-state index contributed by atoms with van der Waals surface area (Å²) >= 11 is 0. The summed E-state index contributed by atoms with van der Waals surface area (Å²) in [5.41, 5.74) is 1.22. The Morgan fingerprint density at radius 1 is 1.00 bits per heavy atom. The van der Waals surface area contributed by atoms with E-state index in [0.29, 0.717) is 0 Å². The first kappa shape index (κ1) is 10.0. The van der Waals surface area contributed by atoms with Crippen LogP contribution in [-0.2, 0) is 15.9 Å². The van der Waals surface area contributed by atoms with E-state index < -0.39 is 0 Å². The third kappa shape index (κ3) is 2.18. The van der Waals surface area contributed by atoms with Gasteiger partial charge in [-0.15, -0.1) is 0 Å². The van der Waals surface area contributed by atoms with Crippen molar-refractivity contribution in [3.05, 3.63) is 72.4 Å². The second-order valence-electron chi connectivity index (χ2n) is 3.94. The number of ether oxygens (including phenoxy) is 2. The highest BCUT2D eigenvalue weighted by atomic mass is 16.7.